The van der Waals surface area contributed by atoms with Gasteiger partial charge >= 0.3 is 5.97 Å². The van der Waals surface area contributed by atoms with E-state index in [0.717, 1.165) is 32.5 Å². The smallest absolute Gasteiger partial charge is 0.322 e. The zero-order valence-electron chi connectivity index (χ0n) is 10.0. The zero-order valence-corrected chi connectivity index (χ0v) is 10.8. The van der Waals surface area contributed by atoms with Gasteiger partial charge in [0.1, 0.15) is 5.38 Å². The molecule has 0 amide bonds. The van der Waals surface area contributed by atoms with Gasteiger partial charge in [-0.1, -0.05) is 6.92 Å². The average Bonchev–Trinajstić information content (AvgIpc) is 2.28. The molecule has 0 aromatic rings. The number of hydrogen-bond donors (Lipinski definition) is 1. The van der Waals surface area contributed by atoms with E-state index >= 15 is 0 Å². The molecule has 1 unspecified atom stereocenters. The van der Waals surface area contributed by atoms with Gasteiger partial charge in [-0.3, -0.25) is 4.79 Å². The van der Waals surface area contributed by atoms with Crippen molar-refractivity contribution in [2.24, 2.45) is 0 Å². The first-order valence-electron chi connectivity index (χ1n) is 5.84. The lowest BCUT2D eigenvalue weighted by atomic mass is 10.0. The highest BCUT2D eigenvalue weighted by atomic mass is 35.5. The van der Waals surface area contributed by atoms with Crippen molar-refractivity contribution in [1.29, 1.82) is 0 Å². The van der Waals surface area contributed by atoms with Crippen LogP contribution in [-0.2, 0) is 4.79 Å². The SMILES string of the molecule is CCN1CCC(N(C)CC(Cl)C(=O)O)CC1. The van der Waals surface area contributed by atoms with Crippen molar-refractivity contribution in [2.75, 3.05) is 33.2 Å². The van der Waals surface area contributed by atoms with Crippen LogP contribution in [0.4, 0.5) is 0 Å². The van der Waals surface area contributed by atoms with E-state index in [1.807, 2.05) is 7.05 Å². The molecule has 1 aliphatic heterocycles. The molecule has 1 fully saturated rings. The van der Waals surface area contributed by atoms with Crippen molar-refractivity contribution >= 4 is 17.6 Å². The Morgan fingerprint density at radius 2 is 2.12 bits per heavy atom. The number of rotatable bonds is 5. The van der Waals surface area contributed by atoms with Crippen LogP contribution in [0.3, 0.4) is 0 Å². The fraction of sp³-hybridized carbons (Fsp3) is 0.909. The van der Waals surface area contributed by atoms with Gasteiger partial charge in [0.25, 0.3) is 0 Å². The summed E-state index contributed by atoms with van der Waals surface area (Å²) < 4.78 is 0. The number of piperidine rings is 1. The summed E-state index contributed by atoms with van der Waals surface area (Å²) in [5.41, 5.74) is 0. The van der Waals surface area contributed by atoms with Crippen LogP contribution in [0.15, 0.2) is 0 Å². The maximum atomic E-state index is 10.6. The lowest BCUT2D eigenvalue weighted by Crippen LogP contribution is -2.45. The minimum absolute atomic E-state index is 0.424. The number of halogens is 1. The Hall–Kier alpha value is -0.320. The standard InChI is InChI=1S/C11H21ClN2O2/c1-3-14-6-4-9(5-7-14)13(2)8-10(12)11(15)16/h9-10H,3-8H2,1-2H3,(H,15,16). The number of carbonyl (C=O) groups is 1. The van der Waals surface area contributed by atoms with E-state index < -0.39 is 11.3 Å². The lowest BCUT2D eigenvalue weighted by molar-refractivity contribution is -0.137. The van der Waals surface area contributed by atoms with Gasteiger partial charge < -0.3 is 14.9 Å². The molecule has 0 spiro atoms. The minimum atomic E-state index is -0.931. The van der Waals surface area contributed by atoms with Crippen LogP contribution in [0.25, 0.3) is 0 Å². The van der Waals surface area contributed by atoms with Crippen molar-refractivity contribution in [1.82, 2.24) is 9.80 Å². The first kappa shape index (κ1) is 13.7. The number of aliphatic carboxylic acids is 1. The van der Waals surface area contributed by atoms with E-state index in [2.05, 4.69) is 16.7 Å². The number of nitrogens with zero attached hydrogens (tertiary/aromatic N) is 2. The van der Waals surface area contributed by atoms with Gasteiger partial charge in [-0.15, -0.1) is 11.6 Å². The largest absolute Gasteiger partial charge is 0.480 e. The molecule has 1 heterocycles. The van der Waals surface area contributed by atoms with Crippen LogP contribution in [0.5, 0.6) is 0 Å². The maximum absolute atomic E-state index is 10.6. The molecule has 0 aliphatic carbocycles. The van der Waals surface area contributed by atoms with Crippen molar-refractivity contribution in [3.8, 4) is 0 Å². The number of hydrogen-bond acceptors (Lipinski definition) is 3. The topological polar surface area (TPSA) is 43.8 Å². The maximum Gasteiger partial charge on any atom is 0.322 e. The average molecular weight is 249 g/mol. The highest BCUT2D eigenvalue weighted by Gasteiger charge is 2.24. The Balaban J connectivity index is 2.33. The van der Waals surface area contributed by atoms with Gasteiger partial charge in [-0.2, -0.15) is 0 Å². The molecule has 0 aromatic heterocycles. The van der Waals surface area contributed by atoms with Gasteiger partial charge in [-0.25, -0.2) is 0 Å². The molecule has 5 heteroatoms. The molecule has 1 saturated heterocycles. The molecule has 94 valence electrons. The highest BCUT2D eigenvalue weighted by Crippen LogP contribution is 2.16. The molecule has 16 heavy (non-hydrogen) atoms. The van der Waals surface area contributed by atoms with E-state index in [9.17, 15) is 4.79 Å². The third-order valence-corrected chi connectivity index (χ3v) is 3.67. The number of alkyl halides is 1. The first-order valence-corrected chi connectivity index (χ1v) is 6.27. The zero-order chi connectivity index (χ0) is 12.1. The third-order valence-electron chi connectivity index (χ3n) is 3.34. The summed E-state index contributed by atoms with van der Waals surface area (Å²) in [5.74, 6) is -0.931. The van der Waals surface area contributed by atoms with Crippen LogP contribution in [-0.4, -0.2) is 65.5 Å². The Morgan fingerprint density at radius 3 is 2.56 bits per heavy atom. The number of carboxylic acids is 1. The Morgan fingerprint density at radius 1 is 1.56 bits per heavy atom. The Kier molecular flexibility index (Phi) is 5.52. The molecule has 0 aromatic carbocycles. The summed E-state index contributed by atoms with van der Waals surface area (Å²) in [4.78, 5) is 15.1. The predicted molar refractivity (Wildman–Crippen MR) is 65.0 cm³/mol. The van der Waals surface area contributed by atoms with Crippen LogP contribution >= 0.6 is 11.6 Å². The van der Waals surface area contributed by atoms with E-state index in [1.165, 1.54) is 0 Å². The van der Waals surface area contributed by atoms with E-state index in [-0.39, 0.29) is 0 Å². The predicted octanol–water partition coefficient (Wildman–Crippen LogP) is 1.09. The normalized spacial score (nSPS) is 21.2. The lowest BCUT2D eigenvalue weighted by Gasteiger charge is -2.36. The molecule has 0 radical (unpaired) electrons. The van der Waals surface area contributed by atoms with Gasteiger partial charge in [0.2, 0.25) is 0 Å². The van der Waals surface area contributed by atoms with Crippen molar-refractivity contribution in [3.63, 3.8) is 0 Å². The monoisotopic (exact) mass is 248 g/mol. The molecule has 1 rings (SSSR count). The van der Waals surface area contributed by atoms with Crippen molar-refractivity contribution < 1.29 is 9.90 Å². The highest BCUT2D eigenvalue weighted by molar-refractivity contribution is 6.29. The fourth-order valence-corrected chi connectivity index (χ4v) is 2.37. The summed E-state index contributed by atoms with van der Waals surface area (Å²) >= 11 is 5.73. The van der Waals surface area contributed by atoms with E-state index in [0.29, 0.717) is 12.6 Å². The number of carboxylic acid groups (broad SMARTS) is 1. The van der Waals surface area contributed by atoms with Crippen molar-refractivity contribution in [2.45, 2.75) is 31.2 Å². The van der Waals surface area contributed by atoms with Gasteiger partial charge in [0.15, 0.2) is 0 Å². The first-order chi connectivity index (χ1) is 7.54. The van der Waals surface area contributed by atoms with E-state index in [4.69, 9.17) is 16.7 Å². The molecule has 1 atom stereocenters. The second kappa shape index (κ2) is 6.42. The molecule has 0 bridgehead atoms. The summed E-state index contributed by atoms with van der Waals surface area (Å²) in [6.45, 7) is 5.90. The molecule has 1 N–H and O–H groups in total. The summed E-state index contributed by atoms with van der Waals surface area (Å²) in [5, 5.41) is 7.95. The third kappa shape index (κ3) is 3.92. The molecule has 0 saturated carbocycles. The molecule has 4 nitrogen and oxygen atoms in total. The van der Waals surface area contributed by atoms with Crippen molar-refractivity contribution in [3.05, 3.63) is 0 Å². The molecular weight excluding hydrogens is 228 g/mol. The van der Waals surface area contributed by atoms with Crippen LogP contribution in [0, 0.1) is 0 Å². The Labute approximate surface area is 102 Å². The van der Waals surface area contributed by atoms with Gasteiger partial charge in [-0.05, 0) is 39.5 Å². The summed E-state index contributed by atoms with van der Waals surface area (Å²) in [6.07, 6.45) is 2.21. The van der Waals surface area contributed by atoms with Gasteiger partial charge in [0.05, 0.1) is 0 Å². The molecular formula is C11H21ClN2O2. The minimum Gasteiger partial charge on any atom is -0.480 e. The Bertz CT molecular complexity index is 230. The van der Waals surface area contributed by atoms with Gasteiger partial charge in [0, 0.05) is 12.6 Å². The summed E-state index contributed by atoms with van der Waals surface area (Å²) in [6, 6.07) is 0.475. The molecule has 1 aliphatic rings. The second-order valence-electron chi connectivity index (χ2n) is 4.41. The summed E-state index contributed by atoms with van der Waals surface area (Å²) in [7, 11) is 1.96. The van der Waals surface area contributed by atoms with Crippen LogP contribution in [0.1, 0.15) is 19.8 Å². The van der Waals surface area contributed by atoms with Crippen LogP contribution in [0.2, 0.25) is 0 Å². The fourth-order valence-electron chi connectivity index (χ4n) is 2.16. The quantitative estimate of drug-likeness (QED) is 0.740. The second-order valence-corrected chi connectivity index (χ2v) is 4.94. The number of likely N-dealkylation sites (tertiary alicyclic amines) is 1. The van der Waals surface area contributed by atoms with E-state index in [1.54, 1.807) is 0 Å². The van der Waals surface area contributed by atoms with Crippen LogP contribution < -0.4 is 0 Å².